The van der Waals surface area contributed by atoms with E-state index in [9.17, 15) is 5.11 Å². The molecule has 1 saturated heterocycles. The van der Waals surface area contributed by atoms with Crippen molar-refractivity contribution < 1.29 is 5.11 Å². The molecule has 0 bridgehead atoms. The van der Waals surface area contributed by atoms with Crippen molar-refractivity contribution in [3.8, 4) is 0 Å². The lowest BCUT2D eigenvalue weighted by Crippen LogP contribution is -2.43. The molecule has 3 aliphatic rings. The fraction of sp³-hybridized carbons (Fsp3) is 0.524. The number of hydrogen-bond donors (Lipinski definition) is 1. The first-order valence-corrected chi connectivity index (χ1v) is 10.2. The van der Waals surface area contributed by atoms with Gasteiger partial charge in [-0.05, 0) is 69.1 Å². The second-order valence-electron chi connectivity index (χ2n) is 8.48. The van der Waals surface area contributed by atoms with E-state index in [0.717, 1.165) is 61.0 Å². The van der Waals surface area contributed by atoms with Crippen LogP contribution in [-0.2, 0) is 5.41 Å². The Morgan fingerprint density at radius 1 is 1.17 bits per heavy atom. The molecule has 3 heterocycles. The van der Waals surface area contributed by atoms with Crippen molar-refractivity contribution in [3.63, 3.8) is 0 Å². The van der Waals surface area contributed by atoms with Gasteiger partial charge in [0.1, 0.15) is 12.1 Å². The summed E-state index contributed by atoms with van der Waals surface area (Å²) in [6.07, 6.45) is 4.09. The molecule has 1 aromatic carbocycles. The van der Waals surface area contributed by atoms with Gasteiger partial charge in [0.2, 0.25) is 0 Å². The van der Waals surface area contributed by atoms with Gasteiger partial charge in [-0.25, -0.2) is 9.97 Å². The number of aromatic nitrogens is 2. The Bertz CT molecular complexity index is 901. The maximum atomic E-state index is 10.4. The smallest absolute Gasteiger partial charge is 0.140 e. The van der Waals surface area contributed by atoms with Gasteiger partial charge in [-0.1, -0.05) is 18.5 Å². The summed E-state index contributed by atoms with van der Waals surface area (Å²) in [5, 5.41) is 11.2. The van der Waals surface area contributed by atoms with Crippen molar-refractivity contribution in [2.24, 2.45) is 0 Å². The largest absolute Gasteiger partial charge is 0.387 e. The molecule has 8 heteroatoms. The predicted octanol–water partition coefficient (Wildman–Crippen LogP) is 4.63. The third-order valence-electron chi connectivity index (χ3n) is 6.76. The standard InChI is InChI=1S/C21H25ClN4O.2ClH/c1-13-9-17(27)19-18(13)20(24-12-23-19)26-11-21(5-7-25(2)8-6-21)15-10-14(22)3-4-16(15)26;;/h3-4,10,12-13,17,27H,5-9,11H2,1-2H3;2*1H/t13-,17-;;/m1../s1. The van der Waals surface area contributed by atoms with E-state index in [4.69, 9.17) is 16.6 Å². The van der Waals surface area contributed by atoms with Crippen LogP contribution >= 0.6 is 36.4 Å². The van der Waals surface area contributed by atoms with Crippen molar-refractivity contribution in [2.75, 3.05) is 31.6 Å². The molecule has 1 aliphatic carbocycles. The third kappa shape index (κ3) is 3.51. The van der Waals surface area contributed by atoms with Crippen LogP contribution in [0.15, 0.2) is 24.5 Å². The monoisotopic (exact) mass is 456 g/mol. The van der Waals surface area contributed by atoms with E-state index in [0.29, 0.717) is 0 Å². The molecule has 0 radical (unpaired) electrons. The summed E-state index contributed by atoms with van der Waals surface area (Å²) in [6.45, 7) is 5.27. The maximum absolute atomic E-state index is 10.4. The van der Waals surface area contributed by atoms with Gasteiger partial charge in [-0.2, -0.15) is 0 Å². The van der Waals surface area contributed by atoms with Gasteiger partial charge in [0.05, 0.1) is 11.8 Å². The first-order valence-electron chi connectivity index (χ1n) is 9.77. The fourth-order valence-corrected chi connectivity index (χ4v) is 5.39. The number of piperidine rings is 1. The molecular weight excluding hydrogens is 431 g/mol. The van der Waals surface area contributed by atoms with Crippen molar-refractivity contribution in [1.29, 1.82) is 0 Å². The van der Waals surface area contributed by atoms with Crippen molar-refractivity contribution in [2.45, 2.75) is 43.6 Å². The second-order valence-corrected chi connectivity index (χ2v) is 8.92. The Balaban J connectivity index is 0.00000120. The van der Waals surface area contributed by atoms with E-state index in [1.54, 1.807) is 6.33 Å². The molecule has 0 saturated carbocycles. The van der Waals surface area contributed by atoms with Crippen LogP contribution in [0.3, 0.4) is 0 Å². The number of halogens is 3. The molecule has 2 aliphatic heterocycles. The summed E-state index contributed by atoms with van der Waals surface area (Å²) >= 11 is 6.40. The highest BCUT2D eigenvalue weighted by atomic mass is 35.5. The zero-order valence-electron chi connectivity index (χ0n) is 16.6. The number of aliphatic hydroxyl groups is 1. The molecule has 0 amide bonds. The van der Waals surface area contributed by atoms with Crippen molar-refractivity contribution in [1.82, 2.24) is 14.9 Å². The molecule has 1 spiro atoms. The van der Waals surface area contributed by atoms with Gasteiger partial charge in [0.15, 0.2) is 0 Å². The Morgan fingerprint density at radius 2 is 1.90 bits per heavy atom. The molecule has 29 heavy (non-hydrogen) atoms. The van der Waals surface area contributed by atoms with Crippen LogP contribution in [-0.4, -0.2) is 46.7 Å². The Hall–Kier alpha value is -1.11. The van der Waals surface area contributed by atoms with Gasteiger partial charge in [0, 0.05) is 28.2 Å². The molecule has 2 aromatic rings. The first-order chi connectivity index (χ1) is 13.0. The molecule has 5 nitrogen and oxygen atoms in total. The lowest BCUT2D eigenvalue weighted by Gasteiger charge is -2.38. The number of hydrogen-bond acceptors (Lipinski definition) is 5. The van der Waals surface area contributed by atoms with E-state index in [1.807, 2.05) is 6.07 Å². The SMILES string of the molecule is C[C@@H]1C[C@@H](O)c2ncnc(N3CC4(CCN(C)CC4)c4cc(Cl)ccc43)c21.Cl.Cl. The molecular formula is C21H27Cl3N4O. The highest BCUT2D eigenvalue weighted by Crippen LogP contribution is 2.52. The molecule has 1 N–H and O–H groups in total. The molecule has 5 rings (SSSR count). The number of likely N-dealkylation sites (tertiary alicyclic amines) is 1. The Labute approximate surface area is 189 Å². The minimum atomic E-state index is -0.485. The van der Waals surface area contributed by atoms with E-state index in [1.165, 1.54) is 11.3 Å². The highest BCUT2D eigenvalue weighted by molar-refractivity contribution is 6.30. The zero-order valence-corrected chi connectivity index (χ0v) is 19.0. The molecule has 158 valence electrons. The second kappa shape index (κ2) is 8.20. The number of benzene rings is 1. The van der Waals surface area contributed by atoms with Crippen LogP contribution < -0.4 is 4.90 Å². The quantitative estimate of drug-likeness (QED) is 0.676. The molecule has 2 atom stereocenters. The van der Waals surface area contributed by atoms with Crippen LogP contribution in [0.4, 0.5) is 11.5 Å². The molecule has 1 aromatic heterocycles. The number of rotatable bonds is 1. The summed E-state index contributed by atoms with van der Waals surface area (Å²) in [5.41, 5.74) is 4.58. The van der Waals surface area contributed by atoms with E-state index >= 15 is 0 Å². The van der Waals surface area contributed by atoms with Crippen LogP contribution in [0.25, 0.3) is 0 Å². The predicted molar refractivity (Wildman–Crippen MR) is 121 cm³/mol. The average Bonchev–Trinajstić information content (AvgIpc) is 3.13. The summed E-state index contributed by atoms with van der Waals surface area (Å²) in [6, 6.07) is 6.26. The lowest BCUT2D eigenvalue weighted by atomic mass is 9.74. The Morgan fingerprint density at radius 3 is 2.62 bits per heavy atom. The van der Waals surface area contributed by atoms with E-state index in [-0.39, 0.29) is 36.1 Å². The fourth-order valence-electron chi connectivity index (χ4n) is 5.22. The summed E-state index contributed by atoms with van der Waals surface area (Å²) in [7, 11) is 2.19. The third-order valence-corrected chi connectivity index (χ3v) is 7.00. The number of anilines is 2. The average molecular weight is 458 g/mol. The maximum Gasteiger partial charge on any atom is 0.140 e. The van der Waals surface area contributed by atoms with Gasteiger partial charge in [-0.15, -0.1) is 24.8 Å². The number of nitrogens with zero attached hydrogens (tertiary/aromatic N) is 4. The minimum Gasteiger partial charge on any atom is -0.387 e. The van der Waals surface area contributed by atoms with Gasteiger partial charge in [0.25, 0.3) is 0 Å². The minimum absolute atomic E-state index is 0. The topological polar surface area (TPSA) is 52.5 Å². The van der Waals surface area contributed by atoms with Crippen LogP contribution in [0.2, 0.25) is 5.02 Å². The highest BCUT2D eigenvalue weighted by Gasteiger charge is 2.46. The van der Waals surface area contributed by atoms with Crippen molar-refractivity contribution in [3.05, 3.63) is 46.4 Å². The zero-order chi connectivity index (χ0) is 18.8. The molecule has 0 unspecified atom stereocenters. The lowest BCUT2D eigenvalue weighted by molar-refractivity contribution is 0.170. The summed E-state index contributed by atoms with van der Waals surface area (Å²) < 4.78 is 0. The van der Waals surface area contributed by atoms with Gasteiger partial charge >= 0.3 is 0 Å². The number of aliphatic hydroxyl groups excluding tert-OH is 1. The number of fused-ring (bicyclic) bond motifs is 3. The normalized spacial score (nSPS) is 24.6. The van der Waals surface area contributed by atoms with Crippen LogP contribution in [0, 0.1) is 0 Å². The van der Waals surface area contributed by atoms with Crippen LogP contribution in [0.1, 0.15) is 55.0 Å². The van der Waals surface area contributed by atoms with Crippen molar-refractivity contribution >= 4 is 47.9 Å². The van der Waals surface area contributed by atoms with Gasteiger partial charge < -0.3 is 14.9 Å². The Kier molecular flexibility index (Phi) is 6.38. The summed E-state index contributed by atoms with van der Waals surface area (Å²) in [5.74, 6) is 1.22. The van der Waals surface area contributed by atoms with Crippen LogP contribution in [0.5, 0.6) is 0 Å². The van der Waals surface area contributed by atoms with E-state index < -0.39 is 6.10 Å². The van der Waals surface area contributed by atoms with E-state index in [2.05, 4.69) is 40.9 Å². The van der Waals surface area contributed by atoms with Gasteiger partial charge in [-0.3, -0.25) is 0 Å². The molecule has 1 fully saturated rings. The summed E-state index contributed by atoms with van der Waals surface area (Å²) in [4.78, 5) is 13.8. The first kappa shape index (κ1) is 22.6.